The zero-order valence-corrected chi connectivity index (χ0v) is 4.52. The highest BCUT2D eigenvalue weighted by atomic mass is 14.7. The Bertz CT molecular complexity index is 111. The first-order chi connectivity index (χ1) is 3.39. The van der Waals surface area contributed by atoms with E-state index in [1.165, 1.54) is 5.57 Å². The van der Waals surface area contributed by atoms with Crippen LogP contribution in [0.1, 0.15) is 13.3 Å². The Balaban J connectivity index is 2.50. The van der Waals surface area contributed by atoms with E-state index in [1.807, 2.05) is 6.21 Å². The summed E-state index contributed by atoms with van der Waals surface area (Å²) in [5.41, 5.74) is 1.44. The highest BCUT2D eigenvalue weighted by molar-refractivity contribution is 5.62. The molecule has 38 valence electrons. The van der Waals surface area contributed by atoms with Gasteiger partial charge < -0.3 is 0 Å². The molecule has 0 spiro atoms. The molecule has 1 aliphatic heterocycles. The number of aliphatic imine (C=N–C) groups is 1. The maximum Gasteiger partial charge on any atom is 0.0569 e. The van der Waals surface area contributed by atoms with E-state index in [9.17, 15) is 0 Å². The quantitative estimate of drug-likeness (QED) is 0.403. The van der Waals surface area contributed by atoms with Crippen molar-refractivity contribution >= 4 is 6.21 Å². The molecule has 1 nitrogen and oxygen atoms in total. The fourth-order valence-corrected chi connectivity index (χ4v) is 0.575. The predicted molar refractivity (Wildman–Crippen MR) is 31.7 cm³/mol. The average molecular weight is 95.1 g/mol. The average Bonchev–Trinajstić information content (AvgIpc) is 1.69. The fourth-order valence-electron chi connectivity index (χ4n) is 0.575. The fraction of sp³-hybridized carbons (Fsp3) is 0.500. The molecule has 0 unspecified atom stereocenters. The van der Waals surface area contributed by atoms with Crippen LogP contribution in [0.2, 0.25) is 0 Å². The lowest BCUT2D eigenvalue weighted by molar-refractivity contribution is 1.12. The lowest BCUT2D eigenvalue weighted by Crippen LogP contribution is -1.88. The highest BCUT2D eigenvalue weighted by Crippen LogP contribution is 2.00. The van der Waals surface area contributed by atoms with Crippen LogP contribution in [-0.4, -0.2) is 12.8 Å². The molecule has 0 saturated heterocycles. The maximum absolute atomic E-state index is 4.03. The molecule has 0 saturated carbocycles. The summed E-state index contributed by atoms with van der Waals surface area (Å²) >= 11 is 0. The topological polar surface area (TPSA) is 12.4 Å². The van der Waals surface area contributed by atoms with Crippen LogP contribution in [-0.2, 0) is 0 Å². The molecule has 0 radical (unpaired) electrons. The number of nitrogens with zero attached hydrogens (tertiary/aromatic N) is 1. The third kappa shape index (κ3) is 1.15. The van der Waals surface area contributed by atoms with Gasteiger partial charge in [-0.25, -0.2) is 0 Å². The molecule has 1 heterocycles. The van der Waals surface area contributed by atoms with Crippen LogP contribution in [0.3, 0.4) is 0 Å². The molecular weight excluding hydrogens is 86.1 g/mol. The van der Waals surface area contributed by atoms with Gasteiger partial charge in [-0.3, -0.25) is 4.99 Å². The number of allylic oxidation sites excluding steroid dienone is 1. The van der Waals surface area contributed by atoms with Crippen LogP contribution in [0.4, 0.5) is 0 Å². The molecule has 0 fully saturated rings. The Hall–Kier alpha value is -0.590. The Morgan fingerprint density at radius 1 is 1.71 bits per heavy atom. The molecule has 0 aromatic heterocycles. The standard InChI is InChI=1S/C6H9N/c1-6-2-4-7-5-3-6/h2,5H,3-4H2,1H3. The van der Waals surface area contributed by atoms with Crippen LogP contribution >= 0.6 is 0 Å². The Kier molecular flexibility index (Phi) is 1.25. The minimum absolute atomic E-state index is 0.895. The molecule has 0 aromatic carbocycles. The van der Waals surface area contributed by atoms with E-state index in [2.05, 4.69) is 18.0 Å². The zero-order valence-electron chi connectivity index (χ0n) is 4.52. The maximum atomic E-state index is 4.03. The third-order valence-electron chi connectivity index (χ3n) is 1.09. The van der Waals surface area contributed by atoms with Crippen LogP contribution in [0, 0.1) is 0 Å². The summed E-state index contributed by atoms with van der Waals surface area (Å²) in [4.78, 5) is 4.03. The van der Waals surface area contributed by atoms with Gasteiger partial charge in [0.25, 0.3) is 0 Å². The van der Waals surface area contributed by atoms with Gasteiger partial charge in [0.15, 0.2) is 0 Å². The van der Waals surface area contributed by atoms with Crippen LogP contribution in [0.5, 0.6) is 0 Å². The van der Waals surface area contributed by atoms with E-state index in [1.54, 1.807) is 0 Å². The monoisotopic (exact) mass is 95.1 g/mol. The number of hydrogen-bond donors (Lipinski definition) is 0. The normalized spacial score (nSPS) is 19.3. The van der Waals surface area contributed by atoms with Crippen molar-refractivity contribution in [3.05, 3.63) is 11.6 Å². The van der Waals surface area contributed by atoms with Gasteiger partial charge in [-0.1, -0.05) is 11.6 Å². The summed E-state index contributed by atoms with van der Waals surface area (Å²) in [5.74, 6) is 0. The molecule has 1 rings (SSSR count). The lowest BCUT2D eigenvalue weighted by Gasteiger charge is -1.97. The van der Waals surface area contributed by atoms with Crippen molar-refractivity contribution in [3.63, 3.8) is 0 Å². The summed E-state index contributed by atoms with van der Waals surface area (Å²) in [6.07, 6.45) is 5.18. The molecular formula is C6H9N. The van der Waals surface area contributed by atoms with E-state index in [4.69, 9.17) is 0 Å². The summed E-state index contributed by atoms with van der Waals surface area (Å²) in [6.45, 7) is 3.02. The van der Waals surface area contributed by atoms with Gasteiger partial charge in [0.2, 0.25) is 0 Å². The lowest BCUT2D eigenvalue weighted by atomic mass is 10.2. The van der Waals surface area contributed by atoms with Gasteiger partial charge in [0.1, 0.15) is 0 Å². The van der Waals surface area contributed by atoms with E-state index < -0.39 is 0 Å². The second-order valence-electron chi connectivity index (χ2n) is 1.80. The second-order valence-corrected chi connectivity index (χ2v) is 1.80. The van der Waals surface area contributed by atoms with Gasteiger partial charge in [0, 0.05) is 12.6 Å². The predicted octanol–water partition coefficient (Wildman–Crippen LogP) is 1.41. The summed E-state index contributed by atoms with van der Waals surface area (Å²) in [5, 5.41) is 0. The van der Waals surface area contributed by atoms with Crippen molar-refractivity contribution in [1.29, 1.82) is 0 Å². The molecule has 0 N–H and O–H groups in total. The largest absolute Gasteiger partial charge is 0.293 e. The summed E-state index contributed by atoms with van der Waals surface area (Å²) < 4.78 is 0. The Morgan fingerprint density at radius 3 is 2.86 bits per heavy atom. The number of dihydropyridines is 1. The van der Waals surface area contributed by atoms with E-state index in [0.29, 0.717) is 0 Å². The van der Waals surface area contributed by atoms with Gasteiger partial charge >= 0.3 is 0 Å². The van der Waals surface area contributed by atoms with E-state index >= 15 is 0 Å². The smallest absolute Gasteiger partial charge is 0.0569 e. The van der Waals surface area contributed by atoms with Crippen molar-refractivity contribution in [2.24, 2.45) is 4.99 Å². The highest BCUT2D eigenvalue weighted by Gasteiger charge is 1.88. The SMILES string of the molecule is CC1=CCN=CC1. The van der Waals surface area contributed by atoms with Crippen molar-refractivity contribution < 1.29 is 0 Å². The zero-order chi connectivity index (χ0) is 5.11. The third-order valence-corrected chi connectivity index (χ3v) is 1.09. The van der Waals surface area contributed by atoms with Crippen molar-refractivity contribution in [2.45, 2.75) is 13.3 Å². The second kappa shape index (κ2) is 1.92. The van der Waals surface area contributed by atoms with Crippen molar-refractivity contribution in [2.75, 3.05) is 6.54 Å². The van der Waals surface area contributed by atoms with Gasteiger partial charge in [-0.15, -0.1) is 0 Å². The first-order valence-corrected chi connectivity index (χ1v) is 2.53. The molecule has 7 heavy (non-hydrogen) atoms. The van der Waals surface area contributed by atoms with Gasteiger partial charge in [0.05, 0.1) is 6.54 Å². The first kappa shape index (κ1) is 4.57. The van der Waals surface area contributed by atoms with E-state index in [0.717, 1.165) is 13.0 Å². The van der Waals surface area contributed by atoms with Crippen LogP contribution < -0.4 is 0 Å². The van der Waals surface area contributed by atoms with Gasteiger partial charge in [-0.05, 0) is 6.92 Å². The molecule has 0 bridgehead atoms. The van der Waals surface area contributed by atoms with Crippen molar-refractivity contribution in [1.82, 2.24) is 0 Å². The Labute approximate surface area is 43.8 Å². The van der Waals surface area contributed by atoms with Gasteiger partial charge in [-0.2, -0.15) is 0 Å². The minimum atomic E-state index is 0.895. The minimum Gasteiger partial charge on any atom is -0.293 e. The van der Waals surface area contributed by atoms with E-state index in [-0.39, 0.29) is 0 Å². The molecule has 0 atom stereocenters. The van der Waals surface area contributed by atoms with Crippen molar-refractivity contribution in [3.8, 4) is 0 Å². The van der Waals surface area contributed by atoms with Crippen LogP contribution in [0.25, 0.3) is 0 Å². The molecule has 1 heteroatoms. The summed E-state index contributed by atoms with van der Waals surface area (Å²) in [7, 11) is 0. The number of rotatable bonds is 0. The molecule has 0 aromatic rings. The molecule has 0 amide bonds. The number of hydrogen-bond acceptors (Lipinski definition) is 1. The molecule has 0 aliphatic carbocycles. The first-order valence-electron chi connectivity index (χ1n) is 2.53. The molecule has 1 aliphatic rings. The van der Waals surface area contributed by atoms with Crippen LogP contribution in [0.15, 0.2) is 16.6 Å². The summed E-state index contributed by atoms with van der Waals surface area (Å²) in [6, 6.07) is 0. The Morgan fingerprint density at radius 2 is 2.57 bits per heavy atom.